The molecule has 5 nitrogen and oxygen atoms in total. The van der Waals surface area contributed by atoms with E-state index < -0.39 is 10.0 Å². The highest BCUT2D eigenvalue weighted by molar-refractivity contribution is 7.89. The van der Waals surface area contributed by atoms with E-state index in [0.717, 1.165) is 6.42 Å². The van der Waals surface area contributed by atoms with Gasteiger partial charge in [0.1, 0.15) is 0 Å². The van der Waals surface area contributed by atoms with Crippen molar-refractivity contribution >= 4 is 15.7 Å². The maximum Gasteiger partial charge on any atom is 0.241 e. The summed E-state index contributed by atoms with van der Waals surface area (Å²) in [6.07, 6.45) is 0.905. The average Bonchev–Trinajstić information content (AvgIpc) is 2.77. The number of hydrogen-bond acceptors (Lipinski definition) is 4. The molecule has 3 N–H and O–H groups in total. The largest absolute Gasteiger partial charge is 0.399 e. The highest BCUT2D eigenvalue weighted by Crippen LogP contribution is 2.23. The van der Waals surface area contributed by atoms with Crippen LogP contribution in [-0.2, 0) is 14.8 Å². The zero-order valence-electron chi connectivity index (χ0n) is 11.3. The van der Waals surface area contributed by atoms with E-state index in [4.69, 9.17) is 10.5 Å². The number of nitrogens with one attached hydrogen (secondary N) is 1. The number of nitrogens with two attached hydrogens (primary N) is 1. The van der Waals surface area contributed by atoms with Crippen molar-refractivity contribution < 1.29 is 13.2 Å². The van der Waals surface area contributed by atoms with Crippen molar-refractivity contribution in [2.75, 3.05) is 25.5 Å². The Bertz CT molecular complexity index is 540. The van der Waals surface area contributed by atoms with Crippen LogP contribution in [0.3, 0.4) is 0 Å². The van der Waals surface area contributed by atoms with Gasteiger partial charge in [0, 0.05) is 18.8 Å². The first-order valence-electron chi connectivity index (χ1n) is 6.34. The fourth-order valence-electron chi connectivity index (χ4n) is 2.45. The number of anilines is 1. The summed E-state index contributed by atoms with van der Waals surface area (Å²) in [6, 6.07) is 3.36. The zero-order valence-corrected chi connectivity index (χ0v) is 12.1. The SMILES string of the molecule is Cc1cc(N)cc(C)c1S(=O)(=O)NCC1CCOC1. The third kappa shape index (κ3) is 3.26. The Morgan fingerprint density at radius 3 is 2.53 bits per heavy atom. The van der Waals surface area contributed by atoms with Crippen LogP contribution in [0.15, 0.2) is 17.0 Å². The van der Waals surface area contributed by atoms with Crippen LogP contribution in [0, 0.1) is 19.8 Å². The summed E-state index contributed by atoms with van der Waals surface area (Å²) in [5.41, 5.74) is 7.64. The van der Waals surface area contributed by atoms with Gasteiger partial charge >= 0.3 is 0 Å². The molecule has 0 radical (unpaired) electrons. The van der Waals surface area contributed by atoms with Crippen LogP contribution in [-0.4, -0.2) is 28.2 Å². The van der Waals surface area contributed by atoms with Gasteiger partial charge < -0.3 is 10.5 Å². The van der Waals surface area contributed by atoms with Crippen molar-refractivity contribution in [3.63, 3.8) is 0 Å². The van der Waals surface area contributed by atoms with Crippen molar-refractivity contribution in [2.45, 2.75) is 25.2 Å². The molecule has 0 spiro atoms. The molecule has 0 amide bonds. The lowest BCUT2D eigenvalue weighted by atomic mass is 10.1. The third-order valence-electron chi connectivity index (χ3n) is 3.34. The Morgan fingerprint density at radius 2 is 2.00 bits per heavy atom. The first kappa shape index (κ1) is 14.3. The van der Waals surface area contributed by atoms with Gasteiger partial charge in [0.05, 0.1) is 11.5 Å². The standard InChI is InChI=1S/C13H20N2O3S/c1-9-5-12(14)6-10(2)13(9)19(16,17)15-7-11-3-4-18-8-11/h5-6,11,15H,3-4,7-8,14H2,1-2H3. The number of hydrogen-bond donors (Lipinski definition) is 2. The summed E-state index contributed by atoms with van der Waals surface area (Å²) in [5, 5.41) is 0. The molecule has 106 valence electrons. The monoisotopic (exact) mass is 284 g/mol. The lowest BCUT2D eigenvalue weighted by Crippen LogP contribution is -2.30. The molecule has 1 aliphatic rings. The summed E-state index contributed by atoms with van der Waals surface area (Å²) < 4.78 is 32.6. The topological polar surface area (TPSA) is 81.4 Å². The summed E-state index contributed by atoms with van der Waals surface area (Å²) in [4.78, 5) is 0.334. The Balaban J connectivity index is 2.19. The Morgan fingerprint density at radius 1 is 1.37 bits per heavy atom. The van der Waals surface area contributed by atoms with Gasteiger partial charge in [-0.15, -0.1) is 0 Å². The minimum Gasteiger partial charge on any atom is -0.399 e. The number of benzene rings is 1. The predicted octanol–water partition coefficient (Wildman–Crippen LogP) is 1.20. The second-order valence-electron chi connectivity index (χ2n) is 5.07. The van der Waals surface area contributed by atoms with Crippen LogP contribution in [0.2, 0.25) is 0 Å². The van der Waals surface area contributed by atoms with Gasteiger partial charge in [-0.3, -0.25) is 0 Å². The van der Waals surface area contributed by atoms with Gasteiger partial charge in [-0.25, -0.2) is 13.1 Å². The smallest absolute Gasteiger partial charge is 0.241 e. The fraction of sp³-hybridized carbons (Fsp3) is 0.538. The molecule has 1 atom stereocenters. The molecule has 1 heterocycles. The molecule has 6 heteroatoms. The molecule has 1 aromatic carbocycles. The molecule has 0 aliphatic carbocycles. The van der Waals surface area contributed by atoms with Gasteiger partial charge in [-0.2, -0.15) is 0 Å². The number of rotatable bonds is 4. The second kappa shape index (κ2) is 5.48. The van der Waals surface area contributed by atoms with Gasteiger partial charge in [0.25, 0.3) is 0 Å². The Hall–Kier alpha value is -1.11. The van der Waals surface area contributed by atoms with E-state index in [-0.39, 0.29) is 5.92 Å². The van der Waals surface area contributed by atoms with E-state index in [1.807, 2.05) is 0 Å². The van der Waals surface area contributed by atoms with E-state index >= 15 is 0 Å². The van der Waals surface area contributed by atoms with Crippen LogP contribution in [0.5, 0.6) is 0 Å². The highest BCUT2D eigenvalue weighted by atomic mass is 32.2. The zero-order chi connectivity index (χ0) is 14.0. The van der Waals surface area contributed by atoms with E-state index in [2.05, 4.69) is 4.72 Å². The summed E-state index contributed by atoms with van der Waals surface area (Å²) in [6.45, 7) is 5.29. The normalized spacial score (nSPS) is 19.8. The van der Waals surface area contributed by atoms with Crippen LogP contribution in [0.25, 0.3) is 0 Å². The van der Waals surface area contributed by atoms with Gasteiger partial charge in [0.15, 0.2) is 0 Å². The van der Waals surface area contributed by atoms with Gasteiger partial charge in [0.2, 0.25) is 10.0 Å². The first-order valence-corrected chi connectivity index (χ1v) is 7.82. The molecular formula is C13H20N2O3S. The molecule has 1 aliphatic heterocycles. The number of nitrogen functional groups attached to an aromatic ring is 1. The lowest BCUT2D eigenvalue weighted by molar-refractivity contribution is 0.186. The summed E-state index contributed by atoms with van der Waals surface area (Å²) in [7, 11) is -3.49. The average molecular weight is 284 g/mol. The maximum absolute atomic E-state index is 12.3. The minimum atomic E-state index is -3.49. The van der Waals surface area contributed by atoms with Crippen LogP contribution < -0.4 is 10.5 Å². The van der Waals surface area contributed by atoms with Crippen molar-refractivity contribution in [1.82, 2.24) is 4.72 Å². The Labute approximate surface area is 114 Å². The minimum absolute atomic E-state index is 0.268. The predicted molar refractivity (Wildman–Crippen MR) is 74.4 cm³/mol. The van der Waals surface area contributed by atoms with E-state index in [1.54, 1.807) is 26.0 Å². The molecule has 1 aromatic rings. The molecule has 1 fully saturated rings. The third-order valence-corrected chi connectivity index (χ3v) is 5.07. The molecule has 0 aromatic heterocycles. The maximum atomic E-state index is 12.3. The molecule has 2 rings (SSSR count). The van der Waals surface area contributed by atoms with Crippen LogP contribution >= 0.6 is 0 Å². The number of aryl methyl sites for hydroxylation is 2. The van der Waals surface area contributed by atoms with E-state index in [0.29, 0.717) is 41.5 Å². The fourth-order valence-corrected chi connectivity index (χ4v) is 4.02. The molecule has 0 bridgehead atoms. The van der Waals surface area contributed by atoms with Gasteiger partial charge in [-0.05, 0) is 49.4 Å². The summed E-state index contributed by atoms with van der Waals surface area (Å²) >= 11 is 0. The second-order valence-corrected chi connectivity index (χ2v) is 6.77. The first-order chi connectivity index (χ1) is 8.90. The van der Waals surface area contributed by atoms with Crippen molar-refractivity contribution in [3.05, 3.63) is 23.3 Å². The molecule has 19 heavy (non-hydrogen) atoms. The van der Waals surface area contributed by atoms with Crippen LogP contribution in [0.4, 0.5) is 5.69 Å². The molecule has 1 saturated heterocycles. The van der Waals surface area contributed by atoms with E-state index in [1.165, 1.54) is 0 Å². The number of ether oxygens (including phenoxy) is 1. The highest BCUT2D eigenvalue weighted by Gasteiger charge is 2.23. The quantitative estimate of drug-likeness (QED) is 0.814. The number of sulfonamides is 1. The lowest BCUT2D eigenvalue weighted by Gasteiger charge is -2.14. The van der Waals surface area contributed by atoms with Crippen LogP contribution in [0.1, 0.15) is 17.5 Å². The molecule has 1 unspecified atom stereocenters. The van der Waals surface area contributed by atoms with Crippen molar-refractivity contribution in [2.24, 2.45) is 5.92 Å². The molecular weight excluding hydrogens is 264 g/mol. The molecule has 0 saturated carbocycles. The van der Waals surface area contributed by atoms with E-state index in [9.17, 15) is 8.42 Å². The Kier molecular flexibility index (Phi) is 4.13. The van der Waals surface area contributed by atoms with Crippen molar-refractivity contribution in [3.8, 4) is 0 Å². The van der Waals surface area contributed by atoms with Crippen molar-refractivity contribution in [1.29, 1.82) is 0 Å². The van der Waals surface area contributed by atoms with Gasteiger partial charge in [-0.1, -0.05) is 0 Å². The summed E-state index contributed by atoms with van der Waals surface area (Å²) in [5.74, 6) is 0.268.